The average Bonchev–Trinajstić information content (AvgIpc) is 2.53. The summed E-state index contributed by atoms with van der Waals surface area (Å²) in [4.78, 5) is 6.07. The Labute approximate surface area is 89.6 Å². The monoisotopic (exact) mass is 211 g/mol. The number of aryl methyl sites for hydroxylation is 1. The van der Waals surface area contributed by atoms with Crippen molar-refractivity contribution in [1.82, 2.24) is 19.7 Å². The first-order valence-corrected chi connectivity index (χ1v) is 4.74. The number of nitrogens with zero attached hydrogens (tertiary/aromatic N) is 5. The van der Waals surface area contributed by atoms with Crippen LogP contribution in [0.1, 0.15) is 5.82 Å². The molecular weight excluding hydrogens is 194 g/mol. The Bertz CT molecular complexity index is 331. The van der Waals surface area contributed by atoms with E-state index < -0.39 is 0 Å². The van der Waals surface area contributed by atoms with Crippen molar-refractivity contribution >= 4 is 12.3 Å². The SMILES string of the molecule is COCCn1c(C)nnc1N=CN(C)C. The molecule has 0 amide bonds. The maximum atomic E-state index is 5.01. The second-order valence-electron chi connectivity index (χ2n) is 3.40. The summed E-state index contributed by atoms with van der Waals surface area (Å²) in [6.45, 7) is 3.25. The number of hydrogen-bond acceptors (Lipinski definition) is 4. The minimum Gasteiger partial charge on any atom is -0.383 e. The van der Waals surface area contributed by atoms with E-state index in [-0.39, 0.29) is 0 Å². The van der Waals surface area contributed by atoms with Gasteiger partial charge in [0, 0.05) is 21.2 Å². The summed E-state index contributed by atoms with van der Waals surface area (Å²) < 4.78 is 6.93. The smallest absolute Gasteiger partial charge is 0.252 e. The van der Waals surface area contributed by atoms with Crippen molar-refractivity contribution in [1.29, 1.82) is 0 Å². The largest absolute Gasteiger partial charge is 0.383 e. The topological polar surface area (TPSA) is 55.5 Å². The van der Waals surface area contributed by atoms with Crippen molar-refractivity contribution in [2.45, 2.75) is 13.5 Å². The molecule has 0 aromatic carbocycles. The second kappa shape index (κ2) is 5.45. The highest BCUT2D eigenvalue weighted by atomic mass is 16.5. The lowest BCUT2D eigenvalue weighted by Crippen LogP contribution is -2.09. The Morgan fingerprint density at radius 3 is 2.80 bits per heavy atom. The Kier molecular flexibility index (Phi) is 4.23. The van der Waals surface area contributed by atoms with Crippen LogP contribution in [0.15, 0.2) is 4.99 Å². The van der Waals surface area contributed by atoms with Crippen LogP contribution in [-0.2, 0) is 11.3 Å². The van der Waals surface area contributed by atoms with Crippen LogP contribution in [0.25, 0.3) is 0 Å². The third-order valence-electron chi connectivity index (χ3n) is 1.84. The zero-order valence-electron chi connectivity index (χ0n) is 9.64. The summed E-state index contributed by atoms with van der Waals surface area (Å²) in [5, 5.41) is 7.95. The maximum Gasteiger partial charge on any atom is 0.252 e. The quantitative estimate of drug-likeness (QED) is 0.524. The van der Waals surface area contributed by atoms with Gasteiger partial charge in [-0.2, -0.15) is 0 Å². The van der Waals surface area contributed by atoms with Crippen LogP contribution in [0.2, 0.25) is 0 Å². The Balaban J connectivity index is 2.78. The molecule has 6 nitrogen and oxygen atoms in total. The number of aromatic nitrogens is 3. The molecule has 0 spiro atoms. The van der Waals surface area contributed by atoms with Gasteiger partial charge < -0.3 is 9.64 Å². The molecule has 15 heavy (non-hydrogen) atoms. The zero-order valence-corrected chi connectivity index (χ0v) is 9.64. The van der Waals surface area contributed by atoms with Crippen molar-refractivity contribution in [3.8, 4) is 0 Å². The first-order chi connectivity index (χ1) is 7.15. The number of methoxy groups -OCH3 is 1. The van der Waals surface area contributed by atoms with Crippen LogP contribution in [0, 0.1) is 6.92 Å². The van der Waals surface area contributed by atoms with Crippen LogP contribution in [0.4, 0.5) is 5.95 Å². The van der Waals surface area contributed by atoms with Gasteiger partial charge in [-0.15, -0.1) is 10.2 Å². The molecule has 84 valence electrons. The van der Waals surface area contributed by atoms with E-state index in [0.29, 0.717) is 12.6 Å². The predicted molar refractivity (Wildman–Crippen MR) is 58.5 cm³/mol. The summed E-state index contributed by atoms with van der Waals surface area (Å²) in [6, 6.07) is 0. The van der Waals surface area contributed by atoms with E-state index in [9.17, 15) is 0 Å². The van der Waals surface area contributed by atoms with Crippen molar-refractivity contribution in [3.05, 3.63) is 5.82 Å². The van der Waals surface area contributed by atoms with Crippen molar-refractivity contribution in [3.63, 3.8) is 0 Å². The third-order valence-corrected chi connectivity index (χ3v) is 1.84. The van der Waals surface area contributed by atoms with Gasteiger partial charge in [-0.05, 0) is 6.92 Å². The summed E-state index contributed by atoms with van der Waals surface area (Å²) in [6.07, 6.45) is 1.70. The molecule has 0 aliphatic rings. The molecule has 0 aliphatic heterocycles. The van der Waals surface area contributed by atoms with E-state index in [1.807, 2.05) is 30.5 Å². The van der Waals surface area contributed by atoms with Crippen molar-refractivity contribution < 1.29 is 4.74 Å². The Morgan fingerprint density at radius 1 is 1.47 bits per heavy atom. The number of rotatable bonds is 5. The van der Waals surface area contributed by atoms with E-state index in [1.165, 1.54) is 0 Å². The molecule has 0 bridgehead atoms. The Morgan fingerprint density at radius 2 is 2.20 bits per heavy atom. The van der Waals surface area contributed by atoms with Gasteiger partial charge in [0.05, 0.1) is 19.5 Å². The van der Waals surface area contributed by atoms with E-state index >= 15 is 0 Å². The molecule has 1 aromatic rings. The molecule has 1 aromatic heterocycles. The lowest BCUT2D eigenvalue weighted by atomic mass is 10.6. The molecule has 0 saturated carbocycles. The van der Waals surface area contributed by atoms with E-state index in [1.54, 1.807) is 13.4 Å². The molecule has 0 saturated heterocycles. The normalized spacial score (nSPS) is 11.2. The van der Waals surface area contributed by atoms with Crippen molar-refractivity contribution in [2.24, 2.45) is 4.99 Å². The third kappa shape index (κ3) is 3.32. The van der Waals surface area contributed by atoms with Crippen LogP contribution < -0.4 is 0 Å². The number of ether oxygens (including phenoxy) is 1. The molecule has 6 heteroatoms. The van der Waals surface area contributed by atoms with Gasteiger partial charge in [0.25, 0.3) is 5.95 Å². The highest BCUT2D eigenvalue weighted by Gasteiger charge is 2.06. The highest BCUT2D eigenvalue weighted by molar-refractivity contribution is 5.57. The minimum atomic E-state index is 0.609. The average molecular weight is 211 g/mol. The molecule has 0 atom stereocenters. The van der Waals surface area contributed by atoms with Gasteiger partial charge >= 0.3 is 0 Å². The maximum absolute atomic E-state index is 5.01. The predicted octanol–water partition coefficient (Wildman–Crippen LogP) is 0.454. The molecule has 0 N–H and O–H groups in total. The standard InChI is InChI=1S/C9H17N5O/c1-8-11-12-9(10-7-13(2)3)14(8)5-6-15-4/h7H,5-6H2,1-4H3. The summed E-state index contributed by atoms with van der Waals surface area (Å²) in [7, 11) is 5.49. The molecule has 1 heterocycles. The molecular formula is C9H17N5O. The lowest BCUT2D eigenvalue weighted by molar-refractivity contribution is 0.187. The van der Waals surface area contributed by atoms with Gasteiger partial charge in [0.1, 0.15) is 5.82 Å². The van der Waals surface area contributed by atoms with Gasteiger partial charge in [-0.1, -0.05) is 0 Å². The molecule has 0 fully saturated rings. The fourth-order valence-electron chi connectivity index (χ4n) is 1.08. The second-order valence-corrected chi connectivity index (χ2v) is 3.40. The van der Waals surface area contributed by atoms with E-state index in [4.69, 9.17) is 4.74 Å². The first-order valence-electron chi connectivity index (χ1n) is 4.74. The summed E-state index contributed by atoms with van der Waals surface area (Å²) in [5.74, 6) is 1.45. The van der Waals surface area contributed by atoms with Gasteiger partial charge in [-0.25, -0.2) is 4.99 Å². The number of aliphatic imine (C=N–C) groups is 1. The molecule has 0 radical (unpaired) electrons. The fraction of sp³-hybridized carbons (Fsp3) is 0.667. The molecule has 0 aliphatic carbocycles. The van der Waals surface area contributed by atoms with E-state index in [2.05, 4.69) is 15.2 Å². The molecule has 0 unspecified atom stereocenters. The van der Waals surface area contributed by atoms with Crippen LogP contribution in [0.3, 0.4) is 0 Å². The van der Waals surface area contributed by atoms with Crippen LogP contribution in [0.5, 0.6) is 0 Å². The highest BCUT2D eigenvalue weighted by Crippen LogP contribution is 2.09. The van der Waals surface area contributed by atoms with E-state index in [0.717, 1.165) is 12.4 Å². The first kappa shape index (κ1) is 11.6. The van der Waals surface area contributed by atoms with Crippen LogP contribution in [-0.4, -0.2) is 53.8 Å². The van der Waals surface area contributed by atoms with Crippen molar-refractivity contribution in [2.75, 3.05) is 27.8 Å². The summed E-state index contributed by atoms with van der Waals surface area (Å²) in [5.41, 5.74) is 0. The van der Waals surface area contributed by atoms with Gasteiger partial charge in [0.15, 0.2) is 0 Å². The van der Waals surface area contributed by atoms with Gasteiger partial charge in [-0.3, -0.25) is 4.57 Å². The van der Waals surface area contributed by atoms with Crippen LogP contribution >= 0.6 is 0 Å². The Hall–Kier alpha value is -1.43. The number of hydrogen-bond donors (Lipinski definition) is 0. The molecule has 1 rings (SSSR count). The summed E-state index contributed by atoms with van der Waals surface area (Å²) >= 11 is 0. The zero-order chi connectivity index (χ0) is 11.3. The van der Waals surface area contributed by atoms with Gasteiger partial charge in [0.2, 0.25) is 0 Å². The fourth-order valence-corrected chi connectivity index (χ4v) is 1.08. The minimum absolute atomic E-state index is 0.609. The lowest BCUT2D eigenvalue weighted by Gasteiger charge is -2.05.